The van der Waals surface area contributed by atoms with E-state index in [-0.39, 0.29) is 18.1 Å². The number of carbonyl (C=O) groups is 1. The van der Waals surface area contributed by atoms with Crippen LogP contribution in [0.3, 0.4) is 0 Å². The van der Waals surface area contributed by atoms with Gasteiger partial charge in [-0.05, 0) is 36.5 Å². The number of benzene rings is 1. The van der Waals surface area contributed by atoms with E-state index < -0.39 is 10.8 Å². The molecule has 0 aliphatic carbocycles. The number of nitrogens with one attached hydrogen (secondary N) is 1. The molecule has 0 unspecified atom stereocenters. The molecule has 3 heterocycles. The third kappa shape index (κ3) is 4.52. The average Bonchev–Trinajstić information content (AvgIpc) is 3.43. The largest absolute Gasteiger partial charge is 0.389 e. The van der Waals surface area contributed by atoms with Gasteiger partial charge in [-0.1, -0.05) is 28.9 Å². The molecule has 11 nitrogen and oxygen atoms in total. The zero-order chi connectivity index (χ0) is 22.8. The van der Waals surface area contributed by atoms with Gasteiger partial charge in [0.05, 0.1) is 36.0 Å². The molecule has 4 rings (SSSR count). The molecule has 0 radical (unpaired) electrons. The van der Waals surface area contributed by atoms with Crippen LogP contribution in [0.1, 0.15) is 33.1 Å². The highest BCUT2D eigenvalue weighted by atomic mass is 35.5. The molecule has 3 aromatic heterocycles. The number of carbonyl (C=O) groups excluding carboxylic acids is 1. The van der Waals surface area contributed by atoms with Crippen LogP contribution < -0.4 is 5.32 Å². The molecule has 1 N–H and O–H groups in total. The number of nitro groups is 1. The summed E-state index contributed by atoms with van der Waals surface area (Å²) in [5, 5.41) is 26.3. The minimum Gasteiger partial charge on any atom is -0.361 e. The Hall–Kier alpha value is -3.99. The Bertz CT molecular complexity index is 1310. The predicted molar refractivity (Wildman–Crippen MR) is 115 cm³/mol. The summed E-state index contributed by atoms with van der Waals surface area (Å²) in [7, 11) is 0. The first-order chi connectivity index (χ1) is 15.3. The van der Waals surface area contributed by atoms with Crippen molar-refractivity contribution in [1.29, 1.82) is 0 Å². The van der Waals surface area contributed by atoms with Crippen molar-refractivity contribution in [3.8, 4) is 0 Å². The number of anilines is 1. The van der Waals surface area contributed by atoms with Gasteiger partial charge in [0.2, 0.25) is 0 Å². The van der Waals surface area contributed by atoms with Gasteiger partial charge in [0.15, 0.2) is 11.5 Å². The van der Waals surface area contributed by atoms with Gasteiger partial charge in [-0.2, -0.15) is 9.78 Å². The monoisotopic (exact) mass is 455 g/mol. The van der Waals surface area contributed by atoms with Crippen molar-refractivity contribution in [1.82, 2.24) is 24.7 Å². The van der Waals surface area contributed by atoms with Crippen LogP contribution in [0, 0.1) is 24.0 Å². The summed E-state index contributed by atoms with van der Waals surface area (Å²) in [6.07, 6.45) is 1.45. The number of halogens is 1. The lowest BCUT2D eigenvalue weighted by Crippen LogP contribution is -2.16. The molecule has 0 spiro atoms. The van der Waals surface area contributed by atoms with Crippen LogP contribution in [0.2, 0.25) is 5.02 Å². The van der Waals surface area contributed by atoms with E-state index in [2.05, 4.69) is 20.7 Å². The van der Waals surface area contributed by atoms with Crippen LogP contribution in [-0.4, -0.2) is 35.5 Å². The van der Waals surface area contributed by atoms with Gasteiger partial charge < -0.3 is 20.0 Å². The second kappa shape index (κ2) is 8.63. The maximum absolute atomic E-state index is 12.8. The molecule has 0 saturated heterocycles. The lowest BCUT2D eigenvalue weighted by molar-refractivity contribution is -0.389. The molecule has 0 saturated carbocycles. The van der Waals surface area contributed by atoms with Crippen molar-refractivity contribution in [3.63, 3.8) is 0 Å². The van der Waals surface area contributed by atoms with E-state index >= 15 is 0 Å². The number of aryl methyl sites for hydroxylation is 2. The summed E-state index contributed by atoms with van der Waals surface area (Å²) in [4.78, 5) is 23.1. The summed E-state index contributed by atoms with van der Waals surface area (Å²) in [6.45, 7) is 4.12. The van der Waals surface area contributed by atoms with Crippen molar-refractivity contribution >= 4 is 29.1 Å². The fourth-order valence-electron chi connectivity index (χ4n) is 3.17. The molecule has 164 valence electrons. The van der Waals surface area contributed by atoms with Gasteiger partial charge in [-0.15, -0.1) is 0 Å². The average molecular weight is 456 g/mol. The summed E-state index contributed by atoms with van der Waals surface area (Å²) in [6, 6.07) is 10.5. The summed E-state index contributed by atoms with van der Waals surface area (Å²) < 4.78 is 8.27. The van der Waals surface area contributed by atoms with E-state index in [0.29, 0.717) is 28.7 Å². The topological polar surface area (TPSA) is 134 Å². The van der Waals surface area contributed by atoms with Crippen LogP contribution in [0.4, 0.5) is 11.6 Å². The summed E-state index contributed by atoms with van der Waals surface area (Å²) in [5.41, 5.74) is 2.35. The Kier molecular flexibility index (Phi) is 5.73. The summed E-state index contributed by atoms with van der Waals surface area (Å²) >= 11 is 6.04. The molecule has 1 aromatic carbocycles. The van der Waals surface area contributed by atoms with Gasteiger partial charge in [0.25, 0.3) is 5.91 Å². The zero-order valence-corrected chi connectivity index (χ0v) is 17.9. The third-order valence-corrected chi connectivity index (χ3v) is 5.01. The Balaban J connectivity index is 1.50. The van der Waals surface area contributed by atoms with Gasteiger partial charge >= 0.3 is 5.82 Å². The minimum absolute atomic E-state index is 0.0581. The predicted octanol–water partition coefficient (Wildman–Crippen LogP) is 3.59. The number of hydrogen-bond acceptors (Lipinski definition) is 7. The molecule has 0 fully saturated rings. The Morgan fingerprint density at radius 3 is 2.75 bits per heavy atom. The van der Waals surface area contributed by atoms with E-state index in [1.165, 1.54) is 16.9 Å². The first kappa shape index (κ1) is 21.2. The molecule has 0 aliphatic rings. The van der Waals surface area contributed by atoms with Gasteiger partial charge in [-0.3, -0.25) is 9.48 Å². The van der Waals surface area contributed by atoms with Crippen LogP contribution >= 0.6 is 11.6 Å². The molecule has 0 bridgehead atoms. The maximum Gasteiger partial charge on any atom is 0.389 e. The fourth-order valence-corrected chi connectivity index (χ4v) is 3.38. The normalized spacial score (nSPS) is 11.0. The molecule has 1 amide bonds. The maximum atomic E-state index is 12.8. The number of hydrogen-bond donors (Lipinski definition) is 1. The van der Waals surface area contributed by atoms with E-state index in [4.69, 9.17) is 16.1 Å². The lowest BCUT2D eigenvalue weighted by atomic mass is 10.2. The molecule has 4 aromatic rings. The van der Waals surface area contributed by atoms with Crippen LogP contribution in [-0.2, 0) is 13.1 Å². The van der Waals surface area contributed by atoms with Gasteiger partial charge in [0.1, 0.15) is 5.76 Å². The highest BCUT2D eigenvalue weighted by molar-refractivity contribution is 6.30. The van der Waals surface area contributed by atoms with Crippen LogP contribution in [0.25, 0.3) is 0 Å². The Morgan fingerprint density at radius 2 is 2.03 bits per heavy atom. The third-order valence-electron chi connectivity index (χ3n) is 4.78. The number of aromatic nitrogens is 5. The molecular formula is C20H18ClN7O4. The summed E-state index contributed by atoms with van der Waals surface area (Å²) in [5.74, 6) is -0.0245. The van der Waals surface area contributed by atoms with E-state index in [1.807, 2.05) is 25.1 Å². The quantitative estimate of drug-likeness (QED) is 0.332. The van der Waals surface area contributed by atoms with E-state index in [9.17, 15) is 14.9 Å². The van der Waals surface area contributed by atoms with Gasteiger partial charge in [0, 0.05) is 16.8 Å². The van der Waals surface area contributed by atoms with Crippen molar-refractivity contribution < 1.29 is 14.2 Å². The van der Waals surface area contributed by atoms with Crippen LogP contribution in [0.5, 0.6) is 0 Å². The van der Waals surface area contributed by atoms with Gasteiger partial charge in [-0.25, -0.2) is 0 Å². The molecule has 32 heavy (non-hydrogen) atoms. The molecular weight excluding hydrogens is 438 g/mol. The van der Waals surface area contributed by atoms with Crippen molar-refractivity contribution in [2.75, 3.05) is 5.32 Å². The second-order valence-corrected chi connectivity index (χ2v) is 7.54. The van der Waals surface area contributed by atoms with Crippen LogP contribution in [0.15, 0.2) is 47.1 Å². The smallest absolute Gasteiger partial charge is 0.361 e. The lowest BCUT2D eigenvalue weighted by Gasteiger charge is -2.05. The number of nitrogens with zero attached hydrogens (tertiary/aromatic N) is 6. The standard InChI is InChI=1S/C20H18ClN7O4/c1-12-8-17(23-27(12)10-14-4-3-5-15(21)9-14)22-20(29)19-16(13(2)32-25-19)11-26-7-6-18(24-26)28(30)31/h3-9H,10-11H2,1-2H3,(H,22,23,29). The van der Waals surface area contributed by atoms with Crippen molar-refractivity contribution in [2.45, 2.75) is 26.9 Å². The highest BCUT2D eigenvalue weighted by Crippen LogP contribution is 2.19. The minimum atomic E-state index is -0.591. The van der Waals surface area contributed by atoms with E-state index in [1.54, 1.807) is 23.7 Å². The number of rotatable bonds is 7. The Labute approximate surface area is 186 Å². The molecule has 12 heteroatoms. The number of amides is 1. The second-order valence-electron chi connectivity index (χ2n) is 7.11. The zero-order valence-electron chi connectivity index (χ0n) is 17.1. The first-order valence-electron chi connectivity index (χ1n) is 9.53. The van der Waals surface area contributed by atoms with E-state index in [0.717, 1.165) is 11.3 Å². The highest BCUT2D eigenvalue weighted by Gasteiger charge is 2.23. The van der Waals surface area contributed by atoms with Crippen molar-refractivity contribution in [2.24, 2.45) is 0 Å². The Morgan fingerprint density at radius 1 is 1.22 bits per heavy atom. The SMILES string of the molecule is Cc1onc(C(=O)Nc2cc(C)n(Cc3cccc(Cl)c3)n2)c1Cn1ccc([N+](=O)[O-])n1. The first-order valence-corrected chi connectivity index (χ1v) is 9.91. The van der Waals surface area contributed by atoms with Crippen molar-refractivity contribution in [3.05, 3.63) is 86.0 Å². The molecule has 0 aliphatic heterocycles. The fraction of sp³-hybridized carbons (Fsp3) is 0.200. The molecule has 0 atom stereocenters.